The molecule has 0 aromatic heterocycles. The van der Waals surface area contributed by atoms with Crippen molar-refractivity contribution in [2.75, 3.05) is 19.0 Å². The summed E-state index contributed by atoms with van der Waals surface area (Å²) in [7, 11) is 1.38. The van der Waals surface area contributed by atoms with Crippen LogP contribution >= 0.6 is 0 Å². The molecule has 1 amide bonds. The summed E-state index contributed by atoms with van der Waals surface area (Å²) in [4.78, 5) is 34.6. The van der Waals surface area contributed by atoms with E-state index in [1.807, 2.05) is 6.07 Å². The van der Waals surface area contributed by atoms with E-state index in [1.165, 1.54) is 32.2 Å². The SMILES string of the molecule is COc1ccc(NC(=O)[C@H](C)OC(=O)CCOc2ccccc2)c([N+](=O)[O-])c1. The third-order valence-corrected chi connectivity index (χ3v) is 3.66. The second-order valence-electron chi connectivity index (χ2n) is 5.67. The molecule has 2 rings (SSSR count). The van der Waals surface area contributed by atoms with E-state index in [4.69, 9.17) is 14.2 Å². The van der Waals surface area contributed by atoms with E-state index in [0.29, 0.717) is 5.75 Å². The maximum absolute atomic E-state index is 12.2. The van der Waals surface area contributed by atoms with Gasteiger partial charge in [-0.15, -0.1) is 0 Å². The van der Waals surface area contributed by atoms with Gasteiger partial charge >= 0.3 is 5.97 Å². The lowest BCUT2D eigenvalue weighted by molar-refractivity contribution is -0.384. The minimum absolute atomic E-state index is 0.0221. The van der Waals surface area contributed by atoms with Crippen molar-refractivity contribution >= 4 is 23.3 Å². The van der Waals surface area contributed by atoms with Gasteiger partial charge in [0, 0.05) is 0 Å². The van der Waals surface area contributed by atoms with Crippen molar-refractivity contribution in [3.05, 3.63) is 58.6 Å². The quantitative estimate of drug-likeness (QED) is 0.399. The number of benzene rings is 2. The van der Waals surface area contributed by atoms with E-state index in [9.17, 15) is 19.7 Å². The number of anilines is 1. The van der Waals surface area contributed by atoms with Gasteiger partial charge in [0.25, 0.3) is 11.6 Å². The monoisotopic (exact) mass is 388 g/mol. The lowest BCUT2D eigenvalue weighted by atomic mass is 10.2. The van der Waals surface area contributed by atoms with Gasteiger partial charge in [-0.05, 0) is 31.2 Å². The number of nitrogens with zero attached hydrogens (tertiary/aromatic N) is 1. The molecule has 9 nitrogen and oxygen atoms in total. The fourth-order valence-corrected chi connectivity index (χ4v) is 2.21. The first-order valence-corrected chi connectivity index (χ1v) is 8.41. The van der Waals surface area contributed by atoms with Crippen LogP contribution in [0.2, 0.25) is 0 Å². The van der Waals surface area contributed by atoms with Crippen LogP contribution in [0.4, 0.5) is 11.4 Å². The zero-order valence-electron chi connectivity index (χ0n) is 15.4. The van der Waals surface area contributed by atoms with E-state index in [0.717, 1.165) is 0 Å². The van der Waals surface area contributed by atoms with Crippen molar-refractivity contribution in [2.45, 2.75) is 19.4 Å². The van der Waals surface area contributed by atoms with Crippen LogP contribution in [0.3, 0.4) is 0 Å². The Kier molecular flexibility index (Phi) is 7.32. The molecule has 2 aromatic carbocycles. The molecule has 148 valence electrons. The third kappa shape index (κ3) is 5.97. The van der Waals surface area contributed by atoms with E-state index in [-0.39, 0.29) is 30.2 Å². The normalized spacial score (nSPS) is 11.2. The molecule has 0 aliphatic rings. The number of hydrogen-bond donors (Lipinski definition) is 1. The van der Waals surface area contributed by atoms with Gasteiger partial charge < -0.3 is 19.5 Å². The number of carbonyl (C=O) groups is 2. The van der Waals surface area contributed by atoms with Crippen LogP contribution in [-0.2, 0) is 14.3 Å². The van der Waals surface area contributed by atoms with Gasteiger partial charge in [0.15, 0.2) is 6.10 Å². The number of hydrogen-bond acceptors (Lipinski definition) is 7. The van der Waals surface area contributed by atoms with Gasteiger partial charge in [-0.3, -0.25) is 19.7 Å². The first kappa shape index (κ1) is 20.7. The highest BCUT2D eigenvalue weighted by atomic mass is 16.6. The molecule has 0 bridgehead atoms. The molecule has 0 aliphatic heterocycles. The molecule has 28 heavy (non-hydrogen) atoms. The van der Waals surface area contributed by atoms with Crippen molar-refractivity contribution in [1.82, 2.24) is 0 Å². The van der Waals surface area contributed by atoms with E-state index >= 15 is 0 Å². The topological polar surface area (TPSA) is 117 Å². The van der Waals surface area contributed by atoms with Gasteiger partial charge in [-0.1, -0.05) is 18.2 Å². The molecule has 9 heteroatoms. The molecular weight excluding hydrogens is 368 g/mol. The van der Waals surface area contributed by atoms with Crippen LogP contribution in [0.25, 0.3) is 0 Å². The number of nitrogens with one attached hydrogen (secondary N) is 1. The zero-order valence-corrected chi connectivity index (χ0v) is 15.4. The summed E-state index contributed by atoms with van der Waals surface area (Å²) in [5.74, 6) is -0.413. The molecular formula is C19H20N2O7. The third-order valence-electron chi connectivity index (χ3n) is 3.66. The fourth-order valence-electron chi connectivity index (χ4n) is 2.21. The number of esters is 1. The largest absolute Gasteiger partial charge is 0.496 e. The number of para-hydroxylation sites is 1. The summed E-state index contributed by atoms with van der Waals surface area (Å²) in [6.45, 7) is 1.47. The Hall–Kier alpha value is -3.62. The Bertz CT molecular complexity index is 839. The molecule has 0 unspecified atom stereocenters. The highest BCUT2D eigenvalue weighted by Gasteiger charge is 2.22. The van der Waals surface area contributed by atoms with Gasteiger partial charge in [-0.25, -0.2) is 0 Å². The fraction of sp³-hybridized carbons (Fsp3) is 0.263. The number of nitro benzene ring substituents is 1. The average Bonchev–Trinajstić information content (AvgIpc) is 2.68. The summed E-state index contributed by atoms with van der Waals surface area (Å²) >= 11 is 0. The maximum atomic E-state index is 12.2. The predicted octanol–water partition coefficient (Wildman–Crippen LogP) is 2.94. The summed E-state index contributed by atoms with van der Waals surface area (Å²) in [5, 5.41) is 13.5. The summed E-state index contributed by atoms with van der Waals surface area (Å²) in [6, 6.07) is 13.0. The molecule has 1 atom stereocenters. The number of ether oxygens (including phenoxy) is 3. The van der Waals surface area contributed by atoms with Crippen LogP contribution in [0.15, 0.2) is 48.5 Å². The van der Waals surface area contributed by atoms with Crippen LogP contribution in [0, 0.1) is 10.1 Å². The number of rotatable bonds is 9. The van der Waals surface area contributed by atoms with E-state index < -0.39 is 22.9 Å². The molecule has 0 radical (unpaired) electrons. The van der Waals surface area contributed by atoms with Gasteiger partial charge in [-0.2, -0.15) is 0 Å². The number of amides is 1. The Morgan fingerprint density at radius 1 is 1.14 bits per heavy atom. The Morgan fingerprint density at radius 2 is 1.86 bits per heavy atom. The van der Waals surface area contributed by atoms with Gasteiger partial charge in [0.1, 0.15) is 17.2 Å². The molecule has 0 spiro atoms. The minimum atomic E-state index is -1.13. The highest BCUT2D eigenvalue weighted by Crippen LogP contribution is 2.29. The van der Waals surface area contributed by atoms with Gasteiger partial charge in [0.05, 0.1) is 31.1 Å². The van der Waals surface area contributed by atoms with Crippen LogP contribution in [-0.4, -0.2) is 36.6 Å². The molecule has 0 aliphatic carbocycles. The molecule has 2 aromatic rings. The minimum Gasteiger partial charge on any atom is -0.496 e. The zero-order chi connectivity index (χ0) is 20.5. The average molecular weight is 388 g/mol. The first-order chi connectivity index (χ1) is 13.4. The molecule has 0 heterocycles. The summed E-state index contributed by atoms with van der Waals surface area (Å²) in [5.41, 5.74) is -0.353. The maximum Gasteiger partial charge on any atom is 0.310 e. The van der Waals surface area contributed by atoms with Crippen molar-refractivity contribution in [2.24, 2.45) is 0 Å². The summed E-state index contributed by atoms with van der Waals surface area (Å²) < 4.78 is 15.4. The number of methoxy groups -OCH3 is 1. The second-order valence-corrected chi connectivity index (χ2v) is 5.67. The molecule has 0 fully saturated rings. The Labute approximate surface area is 161 Å². The summed E-state index contributed by atoms with van der Waals surface area (Å²) in [6.07, 6.45) is -1.18. The number of carbonyl (C=O) groups excluding carboxylic acids is 2. The van der Waals surface area contributed by atoms with Crippen molar-refractivity contribution < 1.29 is 28.7 Å². The number of nitro groups is 1. The van der Waals surface area contributed by atoms with Gasteiger partial charge in [0.2, 0.25) is 0 Å². The van der Waals surface area contributed by atoms with Crippen molar-refractivity contribution in [3.8, 4) is 11.5 Å². The second kappa shape index (κ2) is 9.91. The smallest absolute Gasteiger partial charge is 0.310 e. The van der Waals surface area contributed by atoms with Crippen LogP contribution in [0.5, 0.6) is 11.5 Å². The van der Waals surface area contributed by atoms with E-state index in [2.05, 4.69) is 5.32 Å². The van der Waals surface area contributed by atoms with Crippen molar-refractivity contribution in [3.63, 3.8) is 0 Å². The molecule has 1 N–H and O–H groups in total. The lowest BCUT2D eigenvalue weighted by Gasteiger charge is -2.14. The molecule has 0 saturated carbocycles. The lowest BCUT2D eigenvalue weighted by Crippen LogP contribution is -2.30. The standard InChI is InChI=1S/C19H20N2O7/c1-13(28-18(22)10-11-27-14-6-4-3-5-7-14)19(23)20-16-9-8-15(26-2)12-17(16)21(24)25/h3-9,12-13H,10-11H2,1-2H3,(H,20,23)/t13-/m0/s1. The first-order valence-electron chi connectivity index (χ1n) is 8.41. The van der Waals surface area contributed by atoms with Crippen molar-refractivity contribution in [1.29, 1.82) is 0 Å². The van der Waals surface area contributed by atoms with Crippen LogP contribution < -0.4 is 14.8 Å². The van der Waals surface area contributed by atoms with Crippen LogP contribution in [0.1, 0.15) is 13.3 Å². The predicted molar refractivity (Wildman–Crippen MR) is 100 cm³/mol. The van der Waals surface area contributed by atoms with E-state index in [1.54, 1.807) is 24.3 Å². The Morgan fingerprint density at radius 3 is 2.50 bits per heavy atom. The highest BCUT2D eigenvalue weighted by molar-refractivity contribution is 5.97. The Balaban J connectivity index is 1.87. The molecule has 0 saturated heterocycles.